The van der Waals surface area contributed by atoms with E-state index >= 15 is 0 Å². The molecule has 6 nitrogen and oxygen atoms in total. The van der Waals surface area contributed by atoms with Crippen LogP contribution in [0.5, 0.6) is 0 Å². The molecule has 0 fully saturated rings. The number of hydrogen-bond donors (Lipinski definition) is 1. The third-order valence-corrected chi connectivity index (χ3v) is 4.05. The van der Waals surface area contributed by atoms with Crippen LogP contribution in [0.1, 0.15) is 13.8 Å². The third-order valence-electron chi connectivity index (χ3n) is 2.01. The van der Waals surface area contributed by atoms with Crippen molar-refractivity contribution in [3.63, 3.8) is 0 Å². The van der Waals surface area contributed by atoms with Crippen LogP contribution in [0.4, 0.5) is 0 Å². The van der Waals surface area contributed by atoms with Crippen molar-refractivity contribution in [3.8, 4) is 0 Å². The molecule has 0 saturated heterocycles. The predicted molar refractivity (Wildman–Crippen MR) is 61.5 cm³/mol. The maximum atomic E-state index is 11.6. The van der Waals surface area contributed by atoms with Crippen LogP contribution in [0.3, 0.4) is 0 Å². The molecule has 96 valence electrons. The van der Waals surface area contributed by atoms with Gasteiger partial charge in [0, 0.05) is 19.6 Å². The van der Waals surface area contributed by atoms with Crippen LogP contribution in [0, 0.1) is 0 Å². The Kier molecular flexibility index (Phi) is 6.24. The van der Waals surface area contributed by atoms with Crippen LogP contribution in [0.2, 0.25) is 0 Å². The summed E-state index contributed by atoms with van der Waals surface area (Å²) >= 11 is 5.60. The van der Waals surface area contributed by atoms with Crippen molar-refractivity contribution >= 4 is 27.8 Å². The monoisotopic (exact) mass is 272 g/mol. The first-order valence-electron chi connectivity index (χ1n) is 4.67. The van der Waals surface area contributed by atoms with Gasteiger partial charge in [0.2, 0.25) is 0 Å². The number of nitrogens with one attached hydrogen (secondary N) is 1. The van der Waals surface area contributed by atoms with Gasteiger partial charge in [-0.3, -0.25) is 4.79 Å². The molecule has 0 spiro atoms. The molecule has 0 heterocycles. The van der Waals surface area contributed by atoms with Crippen LogP contribution in [0.25, 0.3) is 0 Å². The molecule has 0 aromatic rings. The Balaban J connectivity index is 4.36. The minimum Gasteiger partial charge on any atom is -0.468 e. The number of rotatable bonds is 6. The second-order valence-electron chi connectivity index (χ2n) is 3.45. The van der Waals surface area contributed by atoms with Crippen LogP contribution in [-0.2, 0) is 19.7 Å². The van der Waals surface area contributed by atoms with Crippen molar-refractivity contribution in [3.05, 3.63) is 0 Å². The Bertz CT molecular complexity index is 331. The van der Waals surface area contributed by atoms with E-state index in [9.17, 15) is 13.2 Å². The van der Waals surface area contributed by atoms with E-state index in [1.54, 1.807) is 13.8 Å². The molecule has 0 aliphatic heterocycles. The number of hydrogen-bond acceptors (Lipinski definition) is 4. The van der Waals surface area contributed by atoms with Gasteiger partial charge in [-0.05, 0) is 13.8 Å². The minimum absolute atomic E-state index is 0.176. The minimum atomic E-state index is -3.61. The highest BCUT2D eigenvalue weighted by Gasteiger charge is 2.23. The first-order chi connectivity index (χ1) is 7.22. The standard InChI is InChI=1S/C8H17ClN2O4S/c1-6(2)11(3)16(13,14)10-5-7(9)8(12)15-4/h6-7,10H,5H2,1-4H3. The lowest BCUT2D eigenvalue weighted by Crippen LogP contribution is -2.44. The normalized spacial score (nSPS) is 14.2. The van der Waals surface area contributed by atoms with Gasteiger partial charge < -0.3 is 4.74 Å². The summed E-state index contributed by atoms with van der Waals surface area (Å²) in [5, 5.41) is -1.03. The highest BCUT2D eigenvalue weighted by atomic mass is 35.5. The topological polar surface area (TPSA) is 75.7 Å². The number of alkyl halides is 1. The SMILES string of the molecule is COC(=O)C(Cl)CNS(=O)(=O)N(C)C(C)C. The molecule has 8 heteroatoms. The Morgan fingerprint density at radius 3 is 2.38 bits per heavy atom. The predicted octanol–water partition coefficient (Wildman–Crippen LogP) is -0.0586. The Hall–Kier alpha value is -0.370. The van der Waals surface area contributed by atoms with Crippen LogP contribution in [0.15, 0.2) is 0 Å². The van der Waals surface area contributed by atoms with Gasteiger partial charge in [0.25, 0.3) is 10.2 Å². The molecule has 0 amide bonds. The van der Waals surface area contributed by atoms with E-state index in [-0.39, 0.29) is 12.6 Å². The summed E-state index contributed by atoms with van der Waals surface area (Å²) in [6, 6.07) is -0.176. The van der Waals surface area contributed by atoms with Crippen LogP contribution in [-0.4, -0.2) is 50.8 Å². The van der Waals surface area contributed by atoms with Crippen molar-refractivity contribution in [1.82, 2.24) is 9.03 Å². The lowest BCUT2D eigenvalue weighted by molar-refractivity contribution is -0.140. The number of methoxy groups -OCH3 is 1. The largest absolute Gasteiger partial charge is 0.468 e. The Morgan fingerprint density at radius 2 is 2.00 bits per heavy atom. The lowest BCUT2D eigenvalue weighted by Gasteiger charge is -2.21. The molecule has 0 aromatic carbocycles. The number of esters is 1. The van der Waals surface area contributed by atoms with Crippen molar-refractivity contribution in [2.75, 3.05) is 20.7 Å². The smallest absolute Gasteiger partial charge is 0.325 e. The number of ether oxygens (including phenoxy) is 1. The average molecular weight is 273 g/mol. The second kappa shape index (κ2) is 6.39. The Labute approximate surface area is 101 Å². The average Bonchev–Trinajstić information content (AvgIpc) is 2.23. The third kappa shape index (κ3) is 4.65. The fourth-order valence-corrected chi connectivity index (χ4v) is 2.16. The number of nitrogens with zero attached hydrogens (tertiary/aromatic N) is 1. The van der Waals surface area contributed by atoms with Crippen molar-refractivity contribution in [2.45, 2.75) is 25.3 Å². The fraction of sp³-hybridized carbons (Fsp3) is 0.875. The van der Waals surface area contributed by atoms with Gasteiger partial charge >= 0.3 is 5.97 Å². The zero-order chi connectivity index (χ0) is 12.9. The van der Waals surface area contributed by atoms with E-state index in [2.05, 4.69) is 9.46 Å². The molecule has 0 rings (SSSR count). The number of carbonyl (C=O) groups excluding carboxylic acids is 1. The van der Waals surface area contributed by atoms with Gasteiger partial charge in [0.1, 0.15) is 5.38 Å². The summed E-state index contributed by atoms with van der Waals surface area (Å²) in [6.07, 6.45) is 0. The van der Waals surface area contributed by atoms with Crippen LogP contribution < -0.4 is 4.72 Å². The highest BCUT2D eigenvalue weighted by Crippen LogP contribution is 2.03. The first kappa shape index (κ1) is 15.6. The molecule has 0 bridgehead atoms. The summed E-state index contributed by atoms with van der Waals surface area (Å²) in [4.78, 5) is 10.9. The Morgan fingerprint density at radius 1 is 1.50 bits per heavy atom. The zero-order valence-corrected chi connectivity index (χ0v) is 11.3. The quantitative estimate of drug-likeness (QED) is 0.543. The molecule has 0 radical (unpaired) electrons. The molecule has 0 aliphatic carbocycles. The van der Waals surface area contributed by atoms with Gasteiger partial charge in [-0.2, -0.15) is 12.7 Å². The molecule has 1 N–H and O–H groups in total. The summed E-state index contributed by atoms with van der Waals surface area (Å²) in [5.41, 5.74) is 0. The molecular weight excluding hydrogens is 256 g/mol. The van der Waals surface area contributed by atoms with Gasteiger partial charge in [-0.25, -0.2) is 4.72 Å². The summed E-state index contributed by atoms with van der Waals surface area (Å²) < 4.78 is 30.9. The fourth-order valence-electron chi connectivity index (χ4n) is 0.769. The molecule has 0 aliphatic rings. The molecular formula is C8H17ClN2O4S. The van der Waals surface area contributed by atoms with E-state index < -0.39 is 21.6 Å². The van der Waals surface area contributed by atoms with E-state index in [0.29, 0.717) is 0 Å². The molecule has 0 saturated carbocycles. The molecule has 1 atom stereocenters. The summed E-state index contributed by atoms with van der Waals surface area (Å²) in [5.74, 6) is -0.670. The van der Waals surface area contributed by atoms with E-state index in [1.807, 2.05) is 0 Å². The van der Waals surface area contributed by atoms with E-state index in [0.717, 1.165) is 4.31 Å². The summed E-state index contributed by atoms with van der Waals surface area (Å²) in [6.45, 7) is 3.27. The maximum absolute atomic E-state index is 11.6. The summed E-state index contributed by atoms with van der Waals surface area (Å²) in [7, 11) is -0.979. The van der Waals surface area contributed by atoms with Gasteiger partial charge in [-0.1, -0.05) is 0 Å². The van der Waals surface area contributed by atoms with Crippen molar-refractivity contribution < 1.29 is 17.9 Å². The van der Waals surface area contributed by atoms with Crippen molar-refractivity contribution in [1.29, 1.82) is 0 Å². The second-order valence-corrected chi connectivity index (χ2v) is 5.80. The van der Waals surface area contributed by atoms with Gasteiger partial charge in [0.15, 0.2) is 0 Å². The molecule has 0 aromatic heterocycles. The van der Waals surface area contributed by atoms with Crippen molar-refractivity contribution in [2.24, 2.45) is 0 Å². The molecule has 16 heavy (non-hydrogen) atoms. The van der Waals surface area contributed by atoms with E-state index in [4.69, 9.17) is 11.6 Å². The number of halogens is 1. The number of carbonyl (C=O) groups is 1. The lowest BCUT2D eigenvalue weighted by atomic mass is 10.4. The van der Waals surface area contributed by atoms with Gasteiger partial charge in [0.05, 0.1) is 7.11 Å². The first-order valence-corrected chi connectivity index (χ1v) is 6.54. The molecule has 1 unspecified atom stereocenters. The van der Waals surface area contributed by atoms with Crippen LogP contribution >= 0.6 is 11.6 Å². The van der Waals surface area contributed by atoms with E-state index in [1.165, 1.54) is 14.2 Å². The van der Waals surface area contributed by atoms with Gasteiger partial charge in [-0.15, -0.1) is 11.6 Å². The zero-order valence-electron chi connectivity index (χ0n) is 9.73. The maximum Gasteiger partial charge on any atom is 0.325 e. The highest BCUT2D eigenvalue weighted by molar-refractivity contribution is 7.87.